The molecule has 2 rings (SSSR count). The van der Waals surface area contributed by atoms with Crippen molar-refractivity contribution in [2.24, 2.45) is 0 Å². The monoisotopic (exact) mass is 454 g/mol. The maximum Gasteiger partial charge on any atom is 0.240 e. The van der Waals surface area contributed by atoms with E-state index in [-0.39, 0.29) is 9.79 Å². The van der Waals surface area contributed by atoms with E-state index in [9.17, 15) is 16.8 Å². The molecule has 2 N–H and O–H groups in total. The van der Waals surface area contributed by atoms with E-state index in [1.165, 1.54) is 0 Å². The Labute approximate surface area is 180 Å². The van der Waals surface area contributed by atoms with Crippen LogP contribution in [0, 0.1) is 0 Å². The van der Waals surface area contributed by atoms with Crippen molar-refractivity contribution in [3.63, 3.8) is 0 Å². The minimum atomic E-state index is -3.56. The molecule has 166 valence electrons. The second-order valence-corrected chi connectivity index (χ2v) is 11.0. The van der Waals surface area contributed by atoms with Crippen LogP contribution in [0.1, 0.15) is 0 Å². The topological polar surface area (TPSA) is 98.8 Å². The van der Waals surface area contributed by atoms with Crippen molar-refractivity contribution >= 4 is 20.0 Å². The van der Waals surface area contributed by atoms with Gasteiger partial charge in [0, 0.05) is 26.2 Å². The van der Waals surface area contributed by atoms with Gasteiger partial charge in [0.15, 0.2) is 0 Å². The number of nitrogens with zero attached hydrogens (tertiary/aromatic N) is 2. The molecule has 30 heavy (non-hydrogen) atoms. The molecule has 0 fully saturated rings. The minimum Gasteiger partial charge on any atom is -0.308 e. The third kappa shape index (κ3) is 7.15. The van der Waals surface area contributed by atoms with Gasteiger partial charge in [-0.3, -0.25) is 0 Å². The minimum absolute atomic E-state index is 0.189. The number of sulfonamides is 2. The Balaban J connectivity index is 2.08. The average molecular weight is 455 g/mol. The van der Waals surface area contributed by atoms with E-state index in [2.05, 4.69) is 9.44 Å². The van der Waals surface area contributed by atoms with Crippen molar-refractivity contribution in [2.75, 3.05) is 54.4 Å². The van der Waals surface area contributed by atoms with Crippen molar-refractivity contribution in [3.05, 3.63) is 48.5 Å². The molecule has 8 nitrogen and oxygen atoms in total. The van der Waals surface area contributed by atoms with Gasteiger partial charge in [-0.15, -0.1) is 0 Å². The summed E-state index contributed by atoms with van der Waals surface area (Å²) in [5.41, 5.74) is 1.60. The molecule has 0 spiro atoms. The van der Waals surface area contributed by atoms with Crippen LogP contribution in [0.3, 0.4) is 0 Å². The Morgan fingerprint density at radius 2 is 0.900 bits per heavy atom. The summed E-state index contributed by atoms with van der Waals surface area (Å²) in [7, 11) is 0.370. The summed E-state index contributed by atoms with van der Waals surface area (Å²) in [6.45, 7) is 1.87. The van der Waals surface area contributed by atoms with Crippen molar-refractivity contribution in [1.29, 1.82) is 0 Å². The lowest BCUT2D eigenvalue weighted by Crippen LogP contribution is -2.31. The summed E-state index contributed by atoms with van der Waals surface area (Å²) in [4.78, 5) is 4.17. The Morgan fingerprint density at radius 3 is 1.17 bits per heavy atom. The number of rotatable bonds is 11. The Morgan fingerprint density at radius 1 is 0.600 bits per heavy atom. The molecule has 2 aromatic carbocycles. The molecule has 0 unspecified atom stereocenters. The molecular formula is C20H30N4O4S2. The third-order valence-corrected chi connectivity index (χ3v) is 7.32. The Bertz CT molecular complexity index is 932. The summed E-state index contributed by atoms with van der Waals surface area (Å²) in [5.74, 6) is 0. The fourth-order valence-electron chi connectivity index (χ4n) is 2.63. The summed E-state index contributed by atoms with van der Waals surface area (Å²) in [6.07, 6.45) is 0. The summed E-state index contributed by atoms with van der Waals surface area (Å²) in [6, 6.07) is 13.0. The van der Waals surface area contributed by atoms with Gasteiger partial charge in [0.05, 0.1) is 9.79 Å². The van der Waals surface area contributed by atoms with Crippen LogP contribution < -0.4 is 9.44 Å². The zero-order valence-corrected chi connectivity index (χ0v) is 19.4. The smallest absolute Gasteiger partial charge is 0.240 e. The van der Waals surface area contributed by atoms with E-state index in [0.717, 1.165) is 11.1 Å². The van der Waals surface area contributed by atoms with Crippen LogP contribution in [0.4, 0.5) is 0 Å². The molecule has 0 atom stereocenters. The number of hydrogen-bond donors (Lipinski definition) is 2. The van der Waals surface area contributed by atoms with Crippen LogP contribution in [-0.4, -0.2) is 81.0 Å². The maximum atomic E-state index is 12.3. The van der Waals surface area contributed by atoms with Crippen molar-refractivity contribution in [3.8, 4) is 11.1 Å². The molecule has 0 saturated carbocycles. The highest BCUT2D eigenvalue weighted by Crippen LogP contribution is 2.23. The lowest BCUT2D eigenvalue weighted by molar-refractivity contribution is 0.412. The van der Waals surface area contributed by atoms with Gasteiger partial charge in [-0.25, -0.2) is 26.3 Å². The number of hydrogen-bond acceptors (Lipinski definition) is 6. The van der Waals surface area contributed by atoms with Crippen LogP contribution >= 0.6 is 0 Å². The molecular weight excluding hydrogens is 424 g/mol. The van der Waals surface area contributed by atoms with Crippen molar-refractivity contribution < 1.29 is 16.8 Å². The van der Waals surface area contributed by atoms with E-state index in [4.69, 9.17) is 0 Å². The van der Waals surface area contributed by atoms with E-state index in [0.29, 0.717) is 26.2 Å². The SMILES string of the molecule is CN(C)CCNS(=O)(=O)c1ccc(-c2ccc(S(=O)(=O)NCCN(C)C)cc2)cc1. The van der Waals surface area contributed by atoms with Gasteiger partial charge in [0.2, 0.25) is 20.0 Å². The first-order valence-corrected chi connectivity index (χ1v) is 12.5. The molecule has 2 aromatic rings. The Hall–Kier alpha value is -1.82. The summed E-state index contributed by atoms with van der Waals surface area (Å²) < 4.78 is 54.5. The predicted molar refractivity (Wildman–Crippen MR) is 119 cm³/mol. The third-order valence-electron chi connectivity index (χ3n) is 4.36. The average Bonchev–Trinajstić information content (AvgIpc) is 2.67. The zero-order valence-electron chi connectivity index (χ0n) is 17.8. The summed E-state index contributed by atoms with van der Waals surface area (Å²) >= 11 is 0. The first-order chi connectivity index (χ1) is 14.0. The van der Waals surface area contributed by atoms with Crippen LogP contribution in [-0.2, 0) is 20.0 Å². The van der Waals surface area contributed by atoms with Crippen LogP contribution in [0.2, 0.25) is 0 Å². The zero-order chi connectivity index (χ0) is 22.4. The molecule has 0 aliphatic rings. The molecule has 0 aliphatic carbocycles. The quantitative estimate of drug-likeness (QED) is 0.526. The fraction of sp³-hybridized carbons (Fsp3) is 0.400. The van der Waals surface area contributed by atoms with Crippen LogP contribution in [0.25, 0.3) is 11.1 Å². The highest BCUT2D eigenvalue weighted by molar-refractivity contribution is 7.89. The van der Waals surface area contributed by atoms with E-state index >= 15 is 0 Å². The van der Waals surface area contributed by atoms with Gasteiger partial charge in [0.25, 0.3) is 0 Å². The molecule has 0 aliphatic heterocycles. The molecule has 0 aromatic heterocycles. The second-order valence-electron chi connectivity index (χ2n) is 7.45. The lowest BCUT2D eigenvalue weighted by atomic mass is 10.1. The van der Waals surface area contributed by atoms with Crippen LogP contribution in [0.15, 0.2) is 58.3 Å². The van der Waals surface area contributed by atoms with Gasteiger partial charge in [-0.05, 0) is 63.6 Å². The van der Waals surface area contributed by atoms with Gasteiger partial charge >= 0.3 is 0 Å². The lowest BCUT2D eigenvalue weighted by Gasteiger charge is -2.12. The molecule has 10 heteroatoms. The second kappa shape index (κ2) is 10.5. The predicted octanol–water partition coefficient (Wildman–Crippen LogP) is 1.03. The van der Waals surface area contributed by atoms with E-state index in [1.54, 1.807) is 48.5 Å². The molecule has 0 heterocycles. The van der Waals surface area contributed by atoms with E-state index < -0.39 is 20.0 Å². The summed E-state index contributed by atoms with van der Waals surface area (Å²) in [5, 5.41) is 0. The van der Waals surface area contributed by atoms with Gasteiger partial charge in [-0.2, -0.15) is 0 Å². The van der Waals surface area contributed by atoms with Crippen molar-refractivity contribution in [2.45, 2.75) is 9.79 Å². The van der Waals surface area contributed by atoms with Gasteiger partial charge in [0.1, 0.15) is 0 Å². The van der Waals surface area contributed by atoms with Gasteiger partial charge in [-0.1, -0.05) is 24.3 Å². The largest absolute Gasteiger partial charge is 0.308 e. The van der Waals surface area contributed by atoms with E-state index in [1.807, 2.05) is 38.0 Å². The molecule has 0 bridgehead atoms. The molecule has 0 radical (unpaired) electrons. The standard InChI is InChI=1S/C20H30N4O4S2/c1-23(2)15-13-21-29(25,26)19-9-5-17(6-10-19)18-7-11-20(12-8-18)30(27,28)22-14-16-24(3)4/h5-12,21-22H,13-16H2,1-4H3. The number of nitrogens with one attached hydrogen (secondary N) is 2. The fourth-order valence-corrected chi connectivity index (χ4v) is 4.67. The van der Waals surface area contributed by atoms with Crippen molar-refractivity contribution in [1.82, 2.24) is 19.2 Å². The maximum absolute atomic E-state index is 12.3. The normalized spacial score (nSPS) is 12.6. The first-order valence-electron chi connectivity index (χ1n) is 9.50. The number of benzene rings is 2. The molecule has 0 saturated heterocycles. The molecule has 0 amide bonds. The Kier molecular flexibility index (Phi) is 8.53. The number of likely N-dealkylation sites (N-methyl/N-ethyl adjacent to an activating group) is 2. The van der Waals surface area contributed by atoms with Gasteiger partial charge < -0.3 is 9.80 Å². The first kappa shape index (κ1) is 24.4. The highest BCUT2D eigenvalue weighted by Gasteiger charge is 2.15. The highest BCUT2D eigenvalue weighted by atomic mass is 32.2. The van der Waals surface area contributed by atoms with Crippen LogP contribution in [0.5, 0.6) is 0 Å².